The molecule has 0 aromatic carbocycles. The molecule has 0 heterocycles. The van der Waals surface area contributed by atoms with E-state index >= 15 is 0 Å². The Labute approximate surface area is 167 Å². The molecule has 170 valence electrons. The first-order valence-electron chi connectivity index (χ1n) is 8.65. The van der Waals surface area contributed by atoms with Gasteiger partial charge >= 0.3 is 0 Å². The van der Waals surface area contributed by atoms with E-state index in [1.807, 2.05) is 0 Å². The number of aliphatic hydroxyl groups is 3. The third-order valence-corrected chi connectivity index (χ3v) is 3.06. The van der Waals surface area contributed by atoms with Gasteiger partial charge in [-0.25, -0.2) is 0 Å². The molecule has 0 spiro atoms. The zero-order valence-corrected chi connectivity index (χ0v) is 20.1. The first-order valence-corrected chi connectivity index (χ1v) is 10.3. The fourth-order valence-electron chi connectivity index (χ4n) is 0.900. The molecule has 0 atom stereocenters. The number of aliphatic hydroxyl groups excluding tert-OH is 3. The Morgan fingerprint density at radius 3 is 0.741 bits per heavy atom. The van der Waals surface area contributed by atoms with Crippen LogP contribution in [0.1, 0.15) is 0 Å². The molecule has 0 aromatic heterocycles. The highest BCUT2D eigenvalue weighted by Crippen LogP contribution is 1.85. The lowest BCUT2D eigenvalue weighted by molar-refractivity contribution is -0.870. The van der Waals surface area contributed by atoms with E-state index in [1.54, 1.807) is 0 Å². The SMILES string of the molecule is CO[Si]([O-])([O-])[O-].C[N+](C)(C)CCO.C[N+](C)(C)CCO.C[N+](C)(C)CCO. The van der Waals surface area contributed by atoms with Gasteiger partial charge in [0.15, 0.2) is 0 Å². The van der Waals surface area contributed by atoms with E-state index in [1.165, 1.54) is 0 Å². The van der Waals surface area contributed by atoms with Crippen LogP contribution in [-0.2, 0) is 4.43 Å². The summed E-state index contributed by atoms with van der Waals surface area (Å²) in [5, 5.41) is 25.2. The van der Waals surface area contributed by atoms with Gasteiger partial charge in [0, 0.05) is 7.11 Å². The summed E-state index contributed by atoms with van der Waals surface area (Å²) in [7, 11) is 14.4. The maximum Gasteiger partial charge on any atom is 0.101 e. The van der Waals surface area contributed by atoms with Gasteiger partial charge in [0.2, 0.25) is 0 Å². The van der Waals surface area contributed by atoms with Crippen molar-refractivity contribution in [2.75, 3.05) is 110 Å². The van der Waals surface area contributed by atoms with Crippen molar-refractivity contribution in [1.29, 1.82) is 0 Å². The molecule has 0 aliphatic rings. The van der Waals surface area contributed by atoms with Gasteiger partial charge in [0.1, 0.15) is 19.6 Å². The molecular formula is C16H45N3O7Si. The van der Waals surface area contributed by atoms with Crippen molar-refractivity contribution < 1.29 is 47.6 Å². The van der Waals surface area contributed by atoms with Crippen LogP contribution < -0.4 is 14.4 Å². The van der Waals surface area contributed by atoms with Crippen molar-refractivity contribution in [1.82, 2.24) is 0 Å². The van der Waals surface area contributed by atoms with Crippen molar-refractivity contribution in [3.8, 4) is 0 Å². The third-order valence-electron chi connectivity index (χ3n) is 2.56. The van der Waals surface area contributed by atoms with E-state index in [0.29, 0.717) is 0 Å². The van der Waals surface area contributed by atoms with Crippen LogP contribution in [0.3, 0.4) is 0 Å². The van der Waals surface area contributed by atoms with E-state index in [4.69, 9.17) is 15.3 Å². The summed E-state index contributed by atoms with van der Waals surface area (Å²) in [6.45, 7) is 3.34. The highest BCUT2D eigenvalue weighted by atomic mass is 28.4. The quantitative estimate of drug-likeness (QED) is 0.278. The van der Waals surface area contributed by atoms with E-state index < -0.39 is 9.05 Å². The Morgan fingerprint density at radius 2 is 0.741 bits per heavy atom. The predicted octanol–water partition coefficient (Wildman–Crippen LogP) is -4.80. The molecule has 0 aliphatic heterocycles. The average molecular weight is 420 g/mol. The molecule has 0 aliphatic carbocycles. The average Bonchev–Trinajstić information content (AvgIpc) is 2.35. The molecule has 0 saturated carbocycles. The summed E-state index contributed by atoms with van der Waals surface area (Å²) in [6, 6.07) is 0. The Hall–Kier alpha value is -0.183. The number of nitrogens with zero attached hydrogens (tertiary/aromatic N) is 3. The van der Waals surface area contributed by atoms with Gasteiger partial charge < -0.3 is 47.6 Å². The summed E-state index contributed by atoms with van der Waals surface area (Å²) in [5.74, 6) is 0. The summed E-state index contributed by atoms with van der Waals surface area (Å²) in [5.41, 5.74) is 0. The van der Waals surface area contributed by atoms with Crippen LogP contribution in [0.4, 0.5) is 0 Å². The summed E-state index contributed by atoms with van der Waals surface area (Å²) < 4.78 is 5.94. The smallest absolute Gasteiger partial charge is 0.101 e. The first-order chi connectivity index (χ1) is 11.7. The number of likely N-dealkylation sites (N-methyl/N-ethyl adjacent to an activating group) is 3. The van der Waals surface area contributed by atoms with E-state index in [2.05, 4.69) is 67.9 Å². The number of hydrogen-bond acceptors (Lipinski definition) is 7. The molecular weight excluding hydrogens is 374 g/mol. The Bertz CT molecular complexity index is 271. The van der Waals surface area contributed by atoms with Crippen LogP contribution in [-0.4, -0.2) is 148 Å². The monoisotopic (exact) mass is 419 g/mol. The van der Waals surface area contributed by atoms with Crippen molar-refractivity contribution in [2.24, 2.45) is 0 Å². The summed E-state index contributed by atoms with van der Waals surface area (Å²) >= 11 is 0. The Kier molecular flexibility index (Phi) is 21.3. The van der Waals surface area contributed by atoms with E-state index in [0.717, 1.165) is 40.2 Å². The molecule has 0 radical (unpaired) electrons. The van der Waals surface area contributed by atoms with Crippen LogP contribution in [0.25, 0.3) is 0 Å². The Balaban J connectivity index is -0.000000131. The number of quaternary nitrogens is 3. The largest absolute Gasteiger partial charge is 0.861 e. The van der Waals surface area contributed by atoms with Crippen molar-refractivity contribution in [3.63, 3.8) is 0 Å². The summed E-state index contributed by atoms with van der Waals surface area (Å²) in [6.07, 6.45) is 0. The predicted molar refractivity (Wildman–Crippen MR) is 103 cm³/mol. The molecule has 0 bridgehead atoms. The minimum atomic E-state index is -4.88. The fraction of sp³-hybridized carbons (Fsp3) is 1.00. The van der Waals surface area contributed by atoms with Gasteiger partial charge in [-0.3, -0.25) is 0 Å². The van der Waals surface area contributed by atoms with Gasteiger partial charge in [0.25, 0.3) is 0 Å². The number of rotatable bonds is 7. The second-order valence-corrected chi connectivity index (χ2v) is 10.3. The molecule has 0 aromatic rings. The lowest BCUT2D eigenvalue weighted by Gasteiger charge is -2.52. The van der Waals surface area contributed by atoms with Crippen LogP contribution >= 0.6 is 0 Å². The third kappa shape index (κ3) is 66.7. The molecule has 0 amide bonds. The van der Waals surface area contributed by atoms with Crippen molar-refractivity contribution in [2.45, 2.75) is 0 Å². The summed E-state index contributed by atoms with van der Waals surface area (Å²) in [4.78, 5) is 27.8. The number of hydrogen-bond donors (Lipinski definition) is 3. The second kappa shape index (κ2) is 16.7. The molecule has 0 saturated heterocycles. The molecule has 0 unspecified atom stereocenters. The molecule has 10 nitrogen and oxygen atoms in total. The van der Waals surface area contributed by atoms with Crippen LogP contribution in [0.5, 0.6) is 0 Å². The second-order valence-electron chi connectivity index (χ2n) is 8.92. The molecule has 0 fully saturated rings. The maximum atomic E-state index is 9.28. The fourth-order valence-corrected chi connectivity index (χ4v) is 0.900. The van der Waals surface area contributed by atoms with Gasteiger partial charge in [0.05, 0.1) is 83.2 Å². The highest BCUT2D eigenvalue weighted by Gasteiger charge is 2.03. The van der Waals surface area contributed by atoms with Crippen LogP contribution in [0.15, 0.2) is 0 Å². The normalized spacial score (nSPS) is 12.0. The van der Waals surface area contributed by atoms with E-state index in [-0.39, 0.29) is 19.8 Å². The molecule has 0 rings (SSSR count). The van der Waals surface area contributed by atoms with Crippen molar-refractivity contribution in [3.05, 3.63) is 0 Å². The van der Waals surface area contributed by atoms with Gasteiger partial charge in [-0.1, -0.05) is 0 Å². The van der Waals surface area contributed by atoms with Gasteiger partial charge in [-0.15, -0.1) is 9.05 Å². The zero-order valence-electron chi connectivity index (χ0n) is 19.1. The minimum absolute atomic E-state index is 0.281. The van der Waals surface area contributed by atoms with E-state index in [9.17, 15) is 14.4 Å². The minimum Gasteiger partial charge on any atom is -0.861 e. The lowest BCUT2D eigenvalue weighted by atomic mass is 10.5. The molecule has 27 heavy (non-hydrogen) atoms. The Morgan fingerprint density at radius 1 is 0.593 bits per heavy atom. The van der Waals surface area contributed by atoms with Crippen LogP contribution in [0, 0.1) is 0 Å². The van der Waals surface area contributed by atoms with Crippen LogP contribution in [0.2, 0.25) is 0 Å². The van der Waals surface area contributed by atoms with Gasteiger partial charge in [-0.05, 0) is 0 Å². The standard InChI is InChI=1S/3C5H14NO.CH3O4Si/c3*1-6(2,3)4-5-7;1-5-6(2,3)4/h3*7H,4-5H2,1-3H3;1H3/q3*+1;-3. The highest BCUT2D eigenvalue weighted by molar-refractivity contribution is 6.42. The molecule has 3 N–H and O–H groups in total. The molecule has 11 heteroatoms. The lowest BCUT2D eigenvalue weighted by Crippen LogP contribution is -2.74. The maximum absolute atomic E-state index is 9.28. The topological polar surface area (TPSA) is 139 Å². The first kappa shape index (κ1) is 34.3. The van der Waals surface area contributed by atoms with Gasteiger partial charge in [-0.2, -0.15) is 0 Å². The zero-order chi connectivity index (χ0) is 22.9. The van der Waals surface area contributed by atoms with Crippen molar-refractivity contribution >= 4 is 9.05 Å².